The first-order valence-electron chi connectivity index (χ1n) is 7.70. The highest BCUT2D eigenvalue weighted by Crippen LogP contribution is 2.15. The second kappa shape index (κ2) is 11.0. The van der Waals surface area contributed by atoms with Crippen LogP contribution in [-0.2, 0) is 0 Å². The highest BCUT2D eigenvalue weighted by molar-refractivity contribution is 4.49. The predicted octanol–water partition coefficient (Wildman–Crippen LogP) is 3.59. The van der Waals surface area contributed by atoms with Gasteiger partial charge in [-0.25, -0.2) is 0 Å². The SMILES string of the molecule is CCCC[N+](CCCC)(CCCC)CCCO. The minimum Gasteiger partial charge on any atom is -0.396 e. The van der Waals surface area contributed by atoms with Gasteiger partial charge < -0.3 is 9.59 Å². The minimum absolute atomic E-state index is 0.352. The zero-order chi connectivity index (χ0) is 13.0. The van der Waals surface area contributed by atoms with Gasteiger partial charge in [0.25, 0.3) is 0 Å². The Hall–Kier alpha value is -0.0800. The summed E-state index contributed by atoms with van der Waals surface area (Å²) in [6, 6.07) is 0. The summed E-state index contributed by atoms with van der Waals surface area (Å²) in [7, 11) is 0. The number of hydrogen-bond acceptors (Lipinski definition) is 1. The van der Waals surface area contributed by atoms with Crippen molar-refractivity contribution in [3.8, 4) is 0 Å². The molecule has 17 heavy (non-hydrogen) atoms. The molecular weight excluding hydrogens is 210 g/mol. The third-order valence-corrected chi connectivity index (χ3v) is 3.75. The zero-order valence-corrected chi connectivity index (χ0v) is 12.4. The number of quaternary nitrogens is 1. The third kappa shape index (κ3) is 7.77. The van der Waals surface area contributed by atoms with Crippen LogP contribution < -0.4 is 0 Å². The first kappa shape index (κ1) is 16.9. The number of rotatable bonds is 12. The zero-order valence-electron chi connectivity index (χ0n) is 12.4. The van der Waals surface area contributed by atoms with E-state index in [4.69, 9.17) is 5.11 Å². The molecule has 2 nitrogen and oxygen atoms in total. The molecule has 0 aromatic carbocycles. The van der Waals surface area contributed by atoms with E-state index in [2.05, 4.69) is 20.8 Å². The van der Waals surface area contributed by atoms with Gasteiger partial charge >= 0.3 is 0 Å². The van der Waals surface area contributed by atoms with Crippen molar-refractivity contribution >= 4 is 0 Å². The number of nitrogens with zero attached hydrogens (tertiary/aromatic N) is 1. The Balaban J connectivity index is 4.39. The van der Waals surface area contributed by atoms with E-state index in [1.165, 1.54) is 69.2 Å². The fourth-order valence-electron chi connectivity index (χ4n) is 2.56. The van der Waals surface area contributed by atoms with Crippen molar-refractivity contribution in [1.82, 2.24) is 0 Å². The fourth-order valence-corrected chi connectivity index (χ4v) is 2.56. The first-order chi connectivity index (χ1) is 8.24. The van der Waals surface area contributed by atoms with Crippen LogP contribution in [0, 0.1) is 0 Å². The maximum Gasteiger partial charge on any atom is 0.0808 e. The van der Waals surface area contributed by atoms with Crippen LogP contribution in [0.15, 0.2) is 0 Å². The van der Waals surface area contributed by atoms with E-state index in [9.17, 15) is 0 Å². The molecule has 0 fully saturated rings. The summed E-state index contributed by atoms with van der Waals surface area (Å²) in [6.07, 6.45) is 8.83. The molecule has 0 heterocycles. The molecule has 0 saturated heterocycles. The van der Waals surface area contributed by atoms with E-state index in [0.717, 1.165) is 6.42 Å². The van der Waals surface area contributed by atoms with Crippen LogP contribution in [-0.4, -0.2) is 42.4 Å². The maximum absolute atomic E-state index is 9.10. The molecule has 0 amide bonds. The molecular formula is C15H34NO+. The Morgan fingerprint density at radius 1 is 0.647 bits per heavy atom. The number of hydrogen-bond donors (Lipinski definition) is 1. The van der Waals surface area contributed by atoms with Crippen molar-refractivity contribution in [2.75, 3.05) is 32.8 Å². The van der Waals surface area contributed by atoms with Crippen molar-refractivity contribution in [3.05, 3.63) is 0 Å². The lowest BCUT2D eigenvalue weighted by Gasteiger charge is -2.39. The second-order valence-corrected chi connectivity index (χ2v) is 5.37. The predicted molar refractivity (Wildman–Crippen MR) is 76.2 cm³/mol. The summed E-state index contributed by atoms with van der Waals surface area (Å²) in [4.78, 5) is 0. The van der Waals surface area contributed by atoms with Crippen LogP contribution in [0.4, 0.5) is 0 Å². The van der Waals surface area contributed by atoms with Gasteiger partial charge in [-0.2, -0.15) is 0 Å². The van der Waals surface area contributed by atoms with E-state index in [0.29, 0.717) is 6.61 Å². The summed E-state index contributed by atoms with van der Waals surface area (Å²) in [5, 5.41) is 9.10. The van der Waals surface area contributed by atoms with E-state index >= 15 is 0 Å². The summed E-state index contributed by atoms with van der Waals surface area (Å²) in [6.45, 7) is 12.3. The van der Waals surface area contributed by atoms with Crippen LogP contribution in [0.5, 0.6) is 0 Å². The molecule has 0 bridgehead atoms. The lowest BCUT2D eigenvalue weighted by molar-refractivity contribution is -0.929. The summed E-state index contributed by atoms with van der Waals surface area (Å²) < 4.78 is 1.26. The number of aliphatic hydroxyl groups excluding tert-OH is 1. The van der Waals surface area contributed by atoms with Gasteiger partial charge in [-0.1, -0.05) is 40.0 Å². The molecule has 0 aliphatic carbocycles. The lowest BCUT2D eigenvalue weighted by atomic mass is 10.1. The van der Waals surface area contributed by atoms with Crippen molar-refractivity contribution in [3.63, 3.8) is 0 Å². The molecule has 0 rings (SSSR count). The normalized spacial score (nSPS) is 12.0. The van der Waals surface area contributed by atoms with Crippen LogP contribution in [0.2, 0.25) is 0 Å². The number of aliphatic hydroxyl groups is 1. The average molecular weight is 244 g/mol. The van der Waals surface area contributed by atoms with Crippen LogP contribution in [0.1, 0.15) is 65.7 Å². The van der Waals surface area contributed by atoms with Gasteiger partial charge in [-0.3, -0.25) is 0 Å². The van der Waals surface area contributed by atoms with Gasteiger partial charge in [0.2, 0.25) is 0 Å². The average Bonchev–Trinajstić information content (AvgIpc) is 2.37. The molecule has 0 aliphatic heterocycles. The molecule has 0 spiro atoms. The largest absolute Gasteiger partial charge is 0.396 e. The van der Waals surface area contributed by atoms with E-state index in [1.54, 1.807) is 0 Å². The molecule has 0 saturated carbocycles. The summed E-state index contributed by atoms with van der Waals surface area (Å²) >= 11 is 0. The molecule has 2 heteroatoms. The number of unbranched alkanes of at least 4 members (excludes halogenated alkanes) is 3. The topological polar surface area (TPSA) is 20.2 Å². The first-order valence-corrected chi connectivity index (χ1v) is 7.70. The smallest absolute Gasteiger partial charge is 0.0808 e. The van der Waals surface area contributed by atoms with Crippen molar-refractivity contribution in [1.29, 1.82) is 0 Å². The van der Waals surface area contributed by atoms with Crippen molar-refractivity contribution in [2.24, 2.45) is 0 Å². The second-order valence-electron chi connectivity index (χ2n) is 5.37. The van der Waals surface area contributed by atoms with Gasteiger partial charge in [0, 0.05) is 13.0 Å². The highest BCUT2D eigenvalue weighted by Gasteiger charge is 2.24. The lowest BCUT2D eigenvalue weighted by Crippen LogP contribution is -2.51. The molecule has 0 aliphatic rings. The monoisotopic (exact) mass is 244 g/mol. The van der Waals surface area contributed by atoms with Gasteiger partial charge in [0.15, 0.2) is 0 Å². The molecule has 0 aromatic heterocycles. The molecule has 1 N–H and O–H groups in total. The molecule has 0 radical (unpaired) electrons. The van der Waals surface area contributed by atoms with Crippen LogP contribution in [0.3, 0.4) is 0 Å². The summed E-state index contributed by atoms with van der Waals surface area (Å²) in [5.74, 6) is 0. The van der Waals surface area contributed by atoms with Gasteiger partial charge in [-0.15, -0.1) is 0 Å². The Bertz CT molecular complexity index is 121. The summed E-state index contributed by atoms with van der Waals surface area (Å²) in [5.41, 5.74) is 0. The van der Waals surface area contributed by atoms with Crippen molar-refractivity contribution < 1.29 is 9.59 Å². The minimum atomic E-state index is 0.352. The van der Waals surface area contributed by atoms with Crippen LogP contribution in [0.25, 0.3) is 0 Å². The van der Waals surface area contributed by atoms with E-state index < -0.39 is 0 Å². The van der Waals surface area contributed by atoms with E-state index in [-0.39, 0.29) is 0 Å². The van der Waals surface area contributed by atoms with E-state index in [1.807, 2.05) is 0 Å². The van der Waals surface area contributed by atoms with Gasteiger partial charge in [0.1, 0.15) is 0 Å². The van der Waals surface area contributed by atoms with Crippen molar-refractivity contribution in [2.45, 2.75) is 65.7 Å². The molecule has 0 unspecified atom stereocenters. The Labute approximate surface area is 109 Å². The Kier molecular flexibility index (Phi) is 11.0. The maximum atomic E-state index is 9.10. The Morgan fingerprint density at radius 3 is 1.29 bits per heavy atom. The third-order valence-electron chi connectivity index (χ3n) is 3.75. The van der Waals surface area contributed by atoms with Crippen LogP contribution >= 0.6 is 0 Å². The van der Waals surface area contributed by atoms with Gasteiger partial charge in [-0.05, 0) is 19.3 Å². The van der Waals surface area contributed by atoms with Gasteiger partial charge in [0.05, 0.1) is 26.2 Å². The standard InChI is InChI=1S/C15H34NO/c1-4-7-11-16(12-8-5-2,13-9-6-3)14-10-15-17/h17H,4-15H2,1-3H3/q+1. The Morgan fingerprint density at radius 2 is 1.00 bits per heavy atom. The molecule has 0 aromatic rings. The highest BCUT2D eigenvalue weighted by atomic mass is 16.3. The quantitative estimate of drug-likeness (QED) is 0.520. The molecule has 0 atom stereocenters. The molecule has 104 valence electrons. The fraction of sp³-hybridized carbons (Fsp3) is 1.00.